The van der Waals surface area contributed by atoms with Crippen molar-refractivity contribution in [1.29, 1.82) is 0 Å². The van der Waals surface area contributed by atoms with Gasteiger partial charge in [0, 0.05) is 19.0 Å². The van der Waals surface area contributed by atoms with Crippen molar-refractivity contribution in [2.24, 2.45) is 11.0 Å². The number of allylic oxidation sites excluding steroid dienone is 1. The Morgan fingerprint density at radius 2 is 1.55 bits per heavy atom. The standard InChI is InChI=1S/C35H37N3O8S/c1-43-28-12-6-24(7-13-28)22-27-4-3-5-31-33(27)36-38(34(31)25-8-14-29(44-2)15-9-25)32(39)23-46-35(40)26-10-16-30(17-11-26)47(41,42)37-18-20-45-21-19-37/h6-17,22,31,34H,3-5,18-21,23H2,1-2H3/b27-22+. The van der Waals surface area contributed by atoms with Gasteiger partial charge in [-0.3, -0.25) is 4.79 Å². The second-order valence-electron chi connectivity index (χ2n) is 11.5. The third kappa shape index (κ3) is 6.95. The number of hydrogen-bond acceptors (Lipinski definition) is 9. The normalized spacial score (nSPS) is 20.8. The van der Waals surface area contributed by atoms with Crippen LogP contribution in [0.2, 0.25) is 0 Å². The third-order valence-corrected chi connectivity index (χ3v) is 10.6. The first kappa shape index (κ1) is 32.4. The molecule has 0 bridgehead atoms. The van der Waals surface area contributed by atoms with Crippen LogP contribution in [0.5, 0.6) is 11.5 Å². The van der Waals surface area contributed by atoms with Crippen LogP contribution in [0.1, 0.15) is 46.8 Å². The van der Waals surface area contributed by atoms with Crippen molar-refractivity contribution < 1.29 is 37.0 Å². The second kappa shape index (κ2) is 14.1. The molecule has 1 amide bonds. The Bertz CT molecular complexity index is 1760. The van der Waals surface area contributed by atoms with Crippen LogP contribution in [0.3, 0.4) is 0 Å². The van der Waals surface area contributed by atoms with E-state index in [1.807, 2.05) is 48.5 Å². The molecule has 2 heterocycles. The molecule has 6 rings (SSSR count). The average Bonchev–Trinajstić information content (AvgIpc) is 3.52. The van der Waals surface area contributed by atoms with Crippen molar-refractivity contribution in [2.75, 3.05) is 47.1 Å². The van der Waals surface area contributed by atoms with Crippen molar-refractivity contribution in [1.82, 2.24) is 9.31 Å². The number of esters is 1. The number of amides is 1. The Kier molecular flexibility index (Phi) is 9.71. The van der Waals surface area contributed by atoms with E-state index in [9.17, 15) is 18.0 Å². The van der Waals surface area contributed by atoms with Crippen molar-refractivity contribution in [2.45, 2.75) is 30.2 Å². The lowest BCUT2D eigenvalue weighted by Crippen LogP contribution is -2.40. The number of carbonyl (C=O) groups is 2. The van der Waals surface area contributed by atoms with Crippen LogP contribution in [0, 0.1) is 5.92 Å². The zero-order chi connectivity index (χ0) is 33.0. The minimum Gasteiger partial charge on any atom is -0.497 e. The predicted octanol–water partition coefficient (Wildman–Crippen LogP) is 4.70. The summed E-state index contributed by atoms with van der Waals surface area (Å²) in [5, 5.41) is 6.30. The van der Waals surface area contributed by atoms with E-state index in [2.05, 4.69) is 6.08 Å². The van der Waals surface area contributed by atoms with Crippen LogP contribution >= 0.6 is 0 Å². The monoisotopic (exact) mass is 659 g/mol. The maximum absolute atomic E-state index is 13.7. The van der Waals surface area contributed by atoms with Crippen molar-refractivity contribution in [3.05, 3.63) is 95.1 Å². The summed E-state index contributed by atoms with van der Waals surface area (Å²) in [5.41, 5.74) is 3.95. The number of ether oxygens (including phenoxy) is 4. The summed E-state index contributed by atoms with van der Waals surface area (Å²) in [6, 6.07) is 20.5. The Morgan fingerprint density at radius 1 is 0.915 bits per heavy atom. The molecular formula is C35H37N3O8S. The average molecular weight is 660 g/mol. The second-order valence-corrected chi connectivity index (χ2v) is 13.4. The number of nitrogens with zero attached hydrogens (tertiary/aromatic N) is 3. The molecule has 1 saturated heterocycles. The maximum Gasteiger partial charge on any atom is 0.338 e. The first-order valence-electron chi connectivity index (χ1n) is 15.5. The molecule has 3 aromatic carbocycles. The summed E-state index contributed by atoms with van der Waals surface area (Å²) in [7, 11) is -0.478. The zero-order valence-corrected chi connectivity index (χ0v) is 27.1. The molecule has 0 spiro atoms. The van der Waals surface area contributed by atoms with Gasteiger partial charge in [-0.2, -0.15) is 9.41 Å². The molecule has 246 valence electrons. The molecule has 3 aromatic rings. The van der Waals surface area contributed by atoms with Crippen molar-refractivity contribution in [3.63, 3.8) is 0 Å². The number of fused-ring (bicyclic) bond motifs is 1. The van der Waals surface area contributed by atoms with Crippen LogP contribution in [0.15, 0.2) is 88.4 Å². The van der Waals surface area contributed by atoms with E-state index in [1.54, 1.807) is 14.2 Å². The molecule has 0 radical (unpaired) electrons. The van der Waals surface area contributed by atoms with E-state index >= 15 is 0 Å². The molecule has 12 heteroatoms. The molecule has 47 heavy (non-hydrogen) atoms. The lowest BCUT2D eigenvalue weighted by molar-refractivity contribution is -0.137. The Balaban J connectivity index is 1.20. The van der Waals surface area contributed by atoms with Gasteiger partial charge in [0.25, 0.3) is 5.91 Å². The molecule has 3 aliphatic rings. The molecule has 2 atom stereocenters. The molecule has 2 unspecified atom stereocenters. The summed E-state index contributed by atoms with van der Waals surface area (Å²) < 4.78 is 48.6. The van der Waals surface area contributed by atoms with E-state index in [1.165, 1.54) is 33.6 Å². The number of rotatable bonds is 9. The number of benzene rings is 3. The Hall–Kier alpha value is -4.52. The highest BCUT2D eigenvalue weighted by atomic mass is 32.2. The molecule has 11 nitrogen and oxygen atoms in total. The van der Waals surface area contributed by atoms with Crippen LogP contribution in [-0.4, -0.2) is 82.4 Å². The fourth-order valence-electron chi connectivity index (χ4n) is 6.22. The minimum atomic E-state index is -3.71. The van der Waals surface area contributed by atoms with Gasteiger partial charge in [0.15, 0.2) is 6.61 Å². The van der Waals surface area contributed by atoms with Gasteiger partial charge in [0.1, 0.15) is 11.5 Å². The van der Waals surface area contributed by atoms with Gasteiger partial charge < -0.3 is 18.9 Å². The van der Waals surface area contributed by atoms with Crippen molar-refractivity contribution >= 4 is 33.7 Å². The molecular weight excluding hydrogens is 622 g/mol. The quantitative estimate of drug-likeness (QED) is 0.303. The highest BCUT2D eigenvalue weighted by Crippen LogP contribution is 2.44. The van der Waals surface area contributed by atoms with E-state index in [4.69, 9.17) is 24.0 Å². The third-order valence-electron chi connectivity index (χ3n) is 8.70. The number of methoxy groups -OCH3 is 2. The molecule has 2 aliphatic heterocycles. The molecule has 2 fully saturated rings. The smallest absolute Gasteiger partial charge is 0.338 e. The minimum absolute atomic E-state index is 0.0396. The van der Waals surface area contributed by atoms with Gasteiger partial charge >= 0.3 is 5.97 Å². The summed E-state index contributed by atoms with van der Waals surface area (Å²) in [5.74, 6) is 0.233. The first-order chi connectivity index (χ1) is 22.8. The van der Waals surface area contributed by atoms with E-state index in [-0.39, 0.29) is 35.5 Å². The Morgan fingerprint density at radius 3 is 2.19 bits per heavy atom. The molecule has 0 N–H and O–H groups in total. The number of carbonyl (C=O) groups excluding carboxylic acids is 2. The van der Waals surface area contributed by atoms with Crippen LogP contribution < -0.4 is 9.47 Å². The molecule has 1 aliphatic carbocycles. The number of hydrogen-bond donors (Lipinski definition) is 0. The van der Waals surface area contributed by atoms with Crippen LogP contribution in [0.25, 0.3) is 6.08 Å². The van der Waals surface area contributed by atoms with E-state index in [0.717, 1.165) is 47.4 Å². The fourth-order valence-corrected chi connectivity index (χ4v) is 7.63. The summed E-state index contributed by atoms with van der Waals surface area (Å²) >= 11 is 0. The molecule has 1 saturated carbocycles. The zero-order valence-electron chi connectivity index (χ0n) is 26.3. The lowest BCUT2D eigenvalue weighted by Gasteiger charge is -2.29. The summed E-state index contributed by atoms with van der Waals surface area (Å²) in [6.45, 7) is 0.680. The van der Waals surface area contributed by atoms with Gasteiger partial charge in [0.05, 0.1) is 49.6 Å². The number of sulfonamides is 1. The Labute approximate surface area is 274 Å². The highest BCUT2D eigenvalue weighted by Gasteiger charge is 2.44. The SMILES string of the molecule is COc1ccc(/C=C2\CCCC3C2=NN(C(=O)COC(=O)c2ccc(S(=O)(=O)N4CCOCC4)cc2)C3c2ccc(OC)cc2)cc1. The predicted molar refractivity (Wildman–Crippen MR) is 175 cm³/mol. The van der Waals surface area contributed by atoms with Gasteiger partial charge in [-0.05, 0) is 90.6 Å². The van der Waals surface area contributed by atoms with E-state index < -0.39 is 28.5 Å². The summed E-state index contributed by atoms with van der Waals surface area (Å²) in [6.07, 6.45) is 4.71. The topological polar surface area (TPSA) is 124 Å². The van der Waals surface area contributed by atoms with Crippen LogP contribution in [-0.2, 0) is 24.3 Å². The largest absolute Gasteiger partial charge is 0.497 e. The number of morpholine rings is 1. The first-order valence-corrected chi connectivity index (χ1v) is 17.0. The lowest BCUT2D eigenvalue weighted by atomic mass is 9.77. The van der Waals surface area contributed by atoms with Gasteiger partial charge in [-0.1, -0.05) is 24.3 Å². The van der Waals surface area contributed by atoms with Crippen molar-refractivity contribution in [3.8, 4) is 11.5 Å². The summed E-state index contributed by atoms with van der Waals surface area (Å²) in [4.78, 5) is 26.8. The van der Waals surface area contributed by atoms with Gasteiger partial charge in [0.2, 0.25) is 10.0 Å². The van der Waals surface area contributed by atoms with Gasteiger partial charge in [-0.15, -0.1) is 0 Å². The fraction of sp³-hybridized carbons (Fsp3) is 0.343. The number of hydrazone groups is 1. The van der Waals surface area contributed by atoms with Crippen LogP contribution in [0.4, 0.5) is 0 Å². The molecule has 0 aromatic heterocycles. The maximum atomic E-state index is 13.7. The van der Waals surface area contributed by atoms with Gasteiger partial charge in [-0.25, -0.2) is 18.2 Å². The van der Waals surface area contributed by atoms with E-state index in [0.29, 0.717) is 19.0 Å². The highest BCUT2D eigenvalue weighted by molar-refractivity contribution is 7.89.